The Bertz CT molecular complexity index is 1050. The average molecular weight is 401 g/mol. The molecule has 0 aliphatic carbocycles. The van der Waals surface area contributed by atoms with Gasteiger partial charge in [-0.2, -0.15) is 0 Å². The highest BCUT2D eigenvalue weighted by molar-refractivity contribution is 6.03. The number of nitrogens with one attached hydrogen (secondary N) is 1. The zero-order valence-corrected chi connectivity index (χ0v) is 15.4. The van der Waals surface area contributed by atoms with Crippen molar-refractivity contribution in [3.63, 3.8) is 0 Å². The van der Waals surface area contributed by atoms with Crippen LogP contribution in [0.3, 0.4) is 0 Å². The van der Waals surface area contributed by atoms with Crippen LogP contribution in [0.1, 0.15) is 28.9 Å². The third-order valence-electron chi connectivity index (χ3n) is 4.51. The van der Waals surface area contributed by atoms with Gasteiger partial charge >= 0.3 is 12.0 Å². The summed E-state index contributed by atoms with van der Waals surface area (Å²) in [5.41, 5.74) is 0.278. The summed E-state index contributed by atoms with van der Waals surface area (Å²) in [5, 5.41) is 13.7. The maximum absolute atomic E-state index is 13.7. The van der Waals surface area contributed by atoms with Gasteiger partial charge in [0.2, 0.25) is 0 Å². The van der Waals surface area contributed by atoms with Gasteiger partial charge < -0.3 is 20.0 Å². The van der Waals surface area contributed by atoms with Crippen LogP contribution in [-0.4, -0.2) is 25.1 Å². The minimum Gasteiger partial charge on any atom is -0.545 e. The topological polar surface area (TPSA) is 98.8 Å². The summed E-state index contributed by atoms with van der Waals surface area (Å²) in [6, 6.07) is 6.62. The standard InChI is InChI=1S/C20H16F2N2O5/c1-10-16(19(27)29-2)17(11-6-7-14(21)15(22)9-11)23-20(28)24(10)13-5-3-4-12(8-13)18(25)26/h3-9,17H,1-2H3,(H,23,28)(H,25,26)/p-1/t17-/m0/s1. The lowest BCUT2D eigenvalue weighted by molar-refractivity contribution is -0.255. The molecule has 0 fully saturated rings. The van der Waals surface area contributed by atoms with Crippen molar-refractivity contribution in [3.8, 4) is 0 Å². The number of esters is 1. The Morgan fingerprint density at radius 3 is 2.48 bits per heavy atom. The normalized spacial score (nSPS) is 16.5. The van der Waals surface area contributed by atoms with Crippen LogP contribution < -0.4 is 15.3 Å². The van der Waals surface area contributed by atoms with Gasteiger partial charge in [-0.1, -0.05) is 18.2 Å². The highest BCUT2D eigenvalue weighted by Gasteiger charge is 2.37. The SMILES string of the molecule is COC(=O)C1=C(C)N(c2cccc(C(=O)[O-])c2)C(=O)N[C@H]1c1ccc(F)c(F)c1. The van der Waals surface area contributed by atoms with Gasteiger partial charge in [0.05, 0.1) is 30.4 Å². The molecule has 9 heteroatoms. The Kier molecular flexibility index (Phi) is 5.31. The number of urea groups is 1. The molecule has 2 aromatic rings. The monoisotopic (exact) mass is 401 g/mol. The molecule has 0 bridgehead atoms. The summed E-state index contributed by atoms with van der Waals surface area (Å²) in [4.78, 5) is 37.4. The van der Waals surface area contributed by atoms with Crippen molar-refractivity contribution in [2.24, 2.45) is 0 Å². The molecule has 7 nitrogen and oxygen atoms in total. The number of carboxylic acids is 1. The van der Waals surface area contributed by atoms with Crippen LogP contribution in [-0.2, 0) is 9.53 Å². The minimum absolute atomic E-state index is 0.0167. The number of ether oxygens (including phenoxy) is 1. The van der Waals surface area contributed by atoms with E-state index in [1.54, 1.807) is 0 Å². The fourth-order valence-electron chi connectivity index (χ4n) is 3.14. The van der Waals surface area contributed by atoms with Crippen molar-refractivity contribution in [1.29, 1.82) is 0 Å². The molecule has 0 saturated heterocycles. The van der Waals surface area contributed by atoms with Crippen molar-refractivity contribution in [1.82, 2.24) is 5.32 Å². The summed E-state index contributed by atoms with van der Waals surface area (Å²) in [5.74, 6) is -4.43. The van der Waals surface area contributed by atoms with Crippen LogP contribution in [0.15, 0.2) is 53.7 Å². The second-order valence-electron chi connectivity index (χ2n) is 6.22. The lowest BCUT2D eigenvalue weighted by atomic mass is 9.94. The van der Waals surface area contributed by atoms with E-state index < -0.39 is 35.6 Å². The van der Waals surface area contributed by atoms with Crippen molar-refractivity contribution < 1.29 is 33.0 Å². The van der Waals surface area contributed by atoms with Crippen LogP contribution in [0.2, 0.25) is 0 Å². The number of hydrogen-bond donors (Lipinski definition) is 1. The predicted octanol–water partition coefficient (Wildman–Crippen LogP) is 2.05. The molecular formula is C20H15F2N2O5-. The molecular weight excluding hydrogens is 386 g/mol. The van der Waals surface area contributed by atoms with E-state index in [0.29, 0.717) is 0 Å². The van der Waals surface area contributed by atoms with Gasteiger partial charge in [-0.3, -0.25) is 4.90 Å². The van der Waals surface area contributed by atoms with Gasteiger partial charge in [0.25, 0.3) is 0 Å². The number of aromatic carboxylic acids is 1. The molecule has 0 saturated carbocycles. The van der Waals surface area contributed by atoms with Gasteiger partial charge in [-0.25, -0.2) is 18.4 Å². The molecule has 0 spiro atoms. The first-order valence-electron chi connectivity index (χ1n) is 8.40. The highest BCUT2D eigenvalue weighted by atomic mass is 19.2. The number of halogens is 2. The quantitative estimate of drug-likeness (QED) is 0.791. The Morgan fingerprint density at radius 1 is 1.14 bits per heavy atom. The first kappa shape index (κ1) is 20.0. The zero-order valence-electron chi connectivity index (χ0n) is 15.4. The number of allylic oxidation sites excluding steroid dienone is 1. The third kappa shape index (κ3) is 3.66. The van der Waals surface area contributed by atoms with E-state index in [0.717, 1.165) is 24.1 Å². The first-order chi connectivity index (χ1) is 13.7. The first-order valence-corrected chi connectivity index (χ1v) is 8.40. The molecule has 2 aromatic carbocycles. The summed E-state index contributed by atoms with van der Waals surface area (Å²) < 4.78 is 31.8. The van der Waals surface area contributed by atoms with Crippen LogP contribution in [0.5, 0.6) is 0 Å². The molecule has 1 atom stereocenters. The van der Waals surface area contributed by atoms with Crippen molar-refractivity contribution in [2.45, 2.75) is 13.0 Å². The highest BCUT2D eigenvalue weighted by Crippen LogP contribution is 2.34. The summed E-state index contributed by atoms with van der Waals surface area (Å²) in [6.45, 7) is 1.46. The Hall–Kier alpha value is -3.75. The van der Waals surface area contributed by atoms with Crippen molar-refractivity contribution >= 4 is 23.7 Å². The van der Waals surface area contributed by atoms with Gasteiger partial charge in [0, 0.05) is 5.70 Å². The number of hydrogen-bond acceptors (Lipinski definition) is 5. The predicted molar refractivity (Wildman–Crippen MR) is 95.6 cm³/mol. The largest absolute Gasteiger partial charge is 0.545 e. The lowest BCUT2D eigenvalue weighted by Crippen LogP contribution is -2.48. The average Bonchev–Trinajstić information content (AvgIpc) is 2.69. The van der Waals surface area contributed by atoms with Crippen LogP contribution in [0.25, 0.3) is 0 Å². The molecule has 3 rings (SSSR count). The summed E-state index contributed by atoms with van der Waals surface area (Å²) in [6.07, 6.45) is 0. The van der Waals surface area contributed by atoms with Crippen molar-refractivity contribution in [2.75, 3.05) is 12.0 Å². The molecule has 150 valence electrons. The Labute approximate surface area is 164 Å². The van der Waals surface area contributed by atoms with Gasteiger partial charge in [-0.05, 0) is 42.3 Å². The summed E-state index contributed by atoms with van der Waals surface area (Å²) >= 11 is 0. The number of amides is 2. The van der Waals surface area contributed by atoms with Crippen molar-refractivity contribution in [3.05, 3.63) is 76.5 Å². The maximum Gasteiger partial charge on any atom is 0.337 e. The number of methoxy groups -OCH3 is 1. The summed E-state index contributed by atoms with van der Waals surface area (Å²) in [7, 11) is 1.14. The fraction of sp³-hybridized carbons (Fsp3) is 0.150. The fourth-order valence-corrected chi connectivity index (χ4v) is 3.14. The van der Waals surface area contributed by atoms with E-state index >= 15 is 0 Å². The van der Waals surface area contributed by atoms with Crippen LogP contribution in [0.4, 0.5) is 19.3 Å². The molecule has 2 amide bonds. The second-order valence-corrected chi connectivity index (χ2v) is 6.22. The molecule has 0 radical (unpaired) electrons. The minimum atomic E-state index is -1.43. The van der Waals surface area contributed by atoms with Crippen LogP contribution >= 0.6 is 0 Å². The number of carbonyl (C=O) groups is 3. The van der Waals surface area contributed by atoms with E-state index in [1.807, 2.05) is 0 Å². The smallest absolute Gasteiger partial charge is 0.337 e. The van der Waals surface area contributed by atoms with E-state index in [1.165, 1.54) is 37.3 Å². The zero-order chi connectivity index (χ0) is 21.3. The lowest BCUT2D eigenvalue weighted by Gasteiger charge is -2.35. The van der Waals surface area contributed by atoms with E-state index in [4.69, 9.17) is 4.74 Å². The second kappa shape index (κ2) is 7.70. The number of rotatable bonds is 4. The molecule has 1 heterocycles. The Balaban J connectivity index is 2.15. The molecule has 1 N–H and O–H groups in total. The molecule has 1 aliphatic heterocycles. The number of carbonyl (C=O) groups excluding carboxylic acids is 3. The third-order valence-corrected chi connectivity index (χ3v) is 4.51. The van der Waals surface area contributed by atoms with Gasteiger partial charge in [-0.15, -0.1) is 0 Å². The van der Waals surface area contributed by atoms with E-state index in [9.17, 15) is 28.3 Å². The number of nitrogens with zero attached hydrogens (tertiary/aromatic N) is 1. The number of anilines is 1. The maximum atomic E-state index is 13.7. The van der Waals surface area contributed by atoms with E-state index in [-0.39, 0.29) is 28.1 Å². The molecule has 29 heavy (non-hydrogen) atoms. The molecule has 1 aliphatic rings. The van der Waals surface area contributed by atoms with Gasteiger partial charge in [0.1, 0.15) is 0 Å². The Morgan fingerprint density at radius 2 is 1.86 bits per heavy atom. The van der Waals surface area contributed by atoms with Gasteiger partial charge in [0.15, 0.2) is 11.6 Å². The molecule has 0 aromatic heterocycles. The number of benzene rings is 2. The van der Waals surface area contributed by atoms with Crippen LogP contribution in [0, 0.1) is 11.6 Å². The molecule has 0 unspecified atom stereocenters. The van der Waals surface area contributed by atoms with E-state index in [2.05, 4.69) is 5.32 Å². The number of carboxylic acid groups (broad SMARTS) is 1.